The maximum Gasteiger partial charge on any atom is 0.425 e. The zero-order valence-electron chi connectivity index (χ0n) is 22.0. The first-order chi connectivity index (χ1) is 18.2. The number of anilines is 1. The number of methoxy groups -OCH3 is 1. The molecular formula is C24H33N5O9S. The van der Waals surface area contributed by atoms with Crippen LogP contribution in [0, 0.1) is 0 Å². The number of aliphatic hydroxyl groups excluding tert-OH is 1. The lowest BCUT2D eigenvalue weighted by molar-refractivity contribution is -0.142. The maximum absolute atomic E-state index is 13.5. The van der Waals surface area contributed by atoms with Crippen LogP contribution in [0.1, 0.15) is 39.0 Å². The fourth-order valence-corrected chi connectivity index (χ4v) is 5.09. The normalized spacial score (nSPS) is 20.3. The van der Waals surface area contributed by atoms with Gasteiger partial charge in [0.25, 0.3) is 0 Å². The molecule has 0 saturated carbocycles. The largest absolute Gasteiger partial charge is 0.468 e. The van der Waals surface area contributed by atoms with E-state index >= 15 is 0 Å². The minimum atomic E-state index is -4.76. The predicted molar refractivity (Wildman–Crippen MR) is 138 cm³/mol. The van der Waals surface area contributed by atoms with Crippen LogP contribution >= 0.6 is 0 Å². The number of amides is 1. The van der Waals surface area contributed by atoms with Crippen molar-refractivity contribution in [1.29, 1.82) is 0 Å². The van der Waals surface area contributed by atoms with E-state index in [0.717, 1.165) is 11.7 Å². The predicted octanol–water partition coefficient (Wildman–Crippen LogP) is 0.330. The number of aromatic nitrogens is 2. The highest BCUT2D eigenvalue weighted by Crippen LogP contribution is 2.29. The van der Waals surface area contributed by atoms with E-state index in [-0.39, 0.29) is 18.7 Å². The third kappa shape index (κ3) is 7.98. The van der Waals surface area contributed by atoms with E-state index in [9.17, 15) is 27.9 Å². The van der Waals surface area contributed by atoms with Gasteiger partial charge in [0.2, 0.25) is 0 Å². The SMILES string of the molecule is COC(=O)[C@H](Cc1ccccc1)NS(=O)(=O)N(C[C@H]1O[C@@H](n2ccc(N)nc2=O)C[C@@H]1O)C(=O)OC(C)(C)C. The standard InChI is InChI=1S/C24H33N5O9S/c1-24(2,3)38-23(33)29(14-18-17(30)13-20(37-18)28-11-10-19(25)26-22(28)32)39(34,35)27-16(21(31)36-4)12-15-8-6-5-7-9-15/h5-11,16-18,20,27,30H,12-14H2,1-4H3,(H2,25,26,32)/t16-,17-,18+,20+/m0/s1. The first kappa shape index (κ1) is 30.0. The van der Waals surface area contributed by atoms with E-state index in [0.29, 0.717) is 9.87 Å². The van der Waals surface area contributed by atoms with Crippen molar-refractivity contribution >= 4 is 28.1 Å². The summed E-state index contributed by atoms with van der Waals surface area (Å²) in [4.78, 5) is 41.4. The number of carbonyl (C=O) groups excluding carboxylic acids is 2. The Hall–Kier alpha value is -3.53. The van der Waals surface area contributed by atoms with Crippen LogP contribution < -0.4 is 16.1 Å². The first-order valence-corrected chi connectivity index (χ1v) is 13.5. The van der Waals surface area contributed by atoms with Crippen molar-refractivity contribution in [3.05, 3.63) is 58.6 Å². The first-order valence-electron chi connectivity index (χ1n) is 12.0. The lowest BCUT2D eigenvalue weighted by atomic mass is 10.1. The Morgan fingerprint density at radius 2 is 1.95 bits per heavy atom. The zero-order chi connectivity index (χ0) is 29.0. The summed E-state index contributed by atoms with van der Waals surface area (Å²) in [6.45, 7) is 3.96. The Bertz CT molecular complexity index is 1330. The highest BCUT2D eigenvalue weighted by molar-refractivity contribution is 7.87. The Balaban J connectivity index is 1.88. The molecule has 0 bridgehead atoms. The van der Waals surface area contributed by atoms with Gasteiger partial charge in [0.1, 0.15) is 29.8 Å². The summed E-state index contributed by atoms with van der Waals surface area (Å²) >= 11 is 0. The molecule has 1 saturated heterocycles. The van der Waals surface area contributed by atoms with Crippen LogP contribution in [0.3, 0.4) is 0 Å². The van der Waals surface area contributed by atoms with Crippen LogP contribution in [-0.4, -0.2) is 76.9 Å². The quantitative estimate of drug-likeness (QED) is 0.354. The molecule has 1 amide bonds. The van der Waals surface area contributed by atoms with Gasteiger partial charge in [-0.3, -0.25) is 9.36 Å². The molecule has 2 aromatic rings. The molecular weight excluding hydrogens is 534 g/mol. The molecule has 1 fully saturated rings. The second kappa shape index (κ2) is 12.1. The third-order valence-electron chi connectivity index (χ3n) is 5.66. The second-order valence-corrected chi connectivity index (χ2v) is 11.5. The number of nitrogens with one attached hydrogen (secondary N) is 1. The summed E-state index contributed by atoms with van der Waals surface area (Å²) in [6.07, 6.45) is -3.59. The molecule has 0 radical (unpaired) electrons. The summed E-state index contributed by atoms with van der Waals surface area (Å²) < 4.78 is 46.5. The number of esters is 1. The summed E-state index contributed by atoms with van der Waals surface area (Å²) in [5.41, 5.74) is 4.36. The van der Waals surface area contributed by atoms with Gasteiger partial charge in [-0.1, -0.05) is 30.3 Å². The number of rotatable bonds is 9. The van der Waals surface area contributed by atoms with Crippen LogP contribution in [0.2, 0.25) is 0 Å². The van der Waals surface area contributed by atoms with Gasteiger partial charge in [-0.05, 0) is 38.8 Å². The number of aliphatic hydroxyl groups is 1. The van der Waals surface area contributed by atoms with Gasteiger partial charge in [0.05, 0.1) is 19.8 Å². The molecule has 0 spiro atoms. The minimum Gasteiger partial charge on any atom is -0.468 e. The molecule has 4 atom stereocenters. The third-order valence-corrected chi connectivity index (χ3v) is 7.12. The lowest BCUT2D eigenvalue weighted by Gasteiger charge is -2.30. The Morgan fingerprint density at radius 1 is 1.28 bits per heavy atom. The Labute approximate surface area is 225 Å². The average Bonchev–Trinajstić information content (AvgIpc) is 3.20. The van der Waals surface area contributed by atoms with Gasteiger partial charge in [-0.2, -0.15) is 22.4 Å². The molecule has 2 heterocycles. The van der Waals surface area contributed by atoms with Gasteiger partial charge in [-0.15, -0.1) is 0 Å². The van der Waals surface area contributed by atoms with Gasteiger partial charge in [0.15, 0.2) is 0 Å². The number of hydrogen-bond donors (Lipinski definition) is 3. The summed E-state index contributed by atoms with van der Waals surface area (Å²) in [5.74, 6) is -0.880. The average molecular weight is 568 g/mol. The molecule has 39 heavy (non-hydrogen) atoms. The number of benzene rings is 1. The number of hydrogen-bond acceptors (Lipinski definition) is 11. The number of nitrogen functional groups attached to an aromatic ring is 1. The highest BCUT2D eigenvalue weighted by Gasteiger charge is 2.42. The van der Waals surface area contributed by atoms with Gasteiger partial charge in [-0.25, -0.2) is 9.59 Å². The number of nitrogens with zero attached hydrogens (tertiary/aromatic N) is 3. The molecule has 4 N–H and O–H groups in total. The van der Waals surface area contributed by atoms with E-state index in [4.69, 9.17) is 19.9 Å². The molecule has 0 aliphatic carbocycles. The smallest absolute Gasteiger partial charge is 0.425 e. The molecule has 3 rings (SSSR count). The number of carbonyl (C=O) groups is 2. The van der Waals surface area contributed by atoms with E-state index in [1.165, 1.54) is 12.3 Å². The molecule has 214 valence electrons. The van der Waals surface area contributed by atoms with E-state index in [2.05, 4.69) is 9.71 Å². The number of ether oxygens (including phenoxy) is 3. The monoisotopic (exact) mass is 567 g/mol. The van der Waals surface area contributed by atoms with E-state index < -0.39 is 64.6 Å². The zero-order valence-corrected chi connectivity index (χ0v) is 22.8. The molecule has 1 aliphatic heterocycles. The van der Waals surface area contributed by atoms with Crippen molar-refractivity contribution in [1.82, 2.24) is 18.6 Å². The van der Waals surface area contributed by atoms with Crippen LogP contribution in [0.5, 0.6) is 0 Å². The Morgan fingerprint density at radius 3 is 2.54 bits per heavy atom. The van der Waals surface area contributed by atoms with Crippen molar-refractivity contribution in [3.63, 3.8) is 0 Å². The van der Waals surface area contributed by atoms with Crippen molar-refractivity contribution in [3.8, 4) is 0 Å². The molecule has 0 unspecified atom stereocenters. The molecule has 15 heteroatoms. The fourth-order valence-electron chi connectivity index (χ4n) is 3.85. The van der Waals surface area contributed by atoms with Crippen molar-refractivity contribution in [2.75, 3.05) is 19.4 Å². The molecule has 14 nitrogen and oxygen atoms in total. The molecule has 1 aromatic carbocycles. The lowest BCUT2D eigenvalue weighted by Crippen LogP contribution is -2.54. The van der Waals surface area contributed by atoms with Crippen molar-refractivity contribution in [2.24, 2.45) is 0 Å². The van der Waals surface area contributed by atoms with Crippen LogP contribution in [0.15, 0.2) is 47.4 Å². The van der Waals surface area contributed by atoms with Crippen LogP contribution in [0.4, 0.5) is 10.6 Å². The van der Waals surface area contributed by atoms with Crippen molar-refractivity contribution in [2.45, 2.75) is 63.7 Å². The van der Waals surface area contributed by atoms with Gasteiger partial charge in [0, 0.05) is 12.6 Å². The maximum atomic E-state index is 13.5. The Kier molecular flexibility index (Phi) is 9.32. The second-order valence-electron chi connectivity index (χ2n) is 9.87. The summed E-state index contributed by atoms with van der Waals surface area (Å²) in [5, 5.41) is 10.6. The highest BCUT2D eigenvalue weighted by atomic mass is 32.2. The van der Waals surface area contributed by atoms with E-state index in [1.54, 1.807) is 51.1 Å². The van der Waals surface area contributed by atoms with E-state index in [1.807, 2.05) is 0 Å². The van der Waals surface area contributed by atoms with Gasteiger partial charge < -0.3 is 25.1 Å². The van der Waals surface area contributed by atoms with Crippen LogP contribution in [-0.2, 0) is 35.6 Å². The fraction of sp³-hybridized carbons (Fsp3) is 0.500. The molecule has 1 aliphatic rings. The minimum absolute atomic E-state index is 0.00437. The molecule has 1 aromatic heterocycles. The summed E-state index contributed by atoms with van der Waals surface area (Å²) in [6, 6.07) is 8.60. The number of nitrogens with two attached hydrogens (primary N) is 1. The summed E-state index contributed by atoms with van der Waals surface area (Å²) in [7, 11) is -3.65. The topological polar surface area (TPSA) is 192 Å². The van der Waals surface area contributed by atoms with Gasteiger partial charge >= 0.3 is 28.0 Å². The van der Waals surface area contributed by atoms with Crippen molar-refractivity contribution < 1.29 is 37.3 Å². The van der Waals surface area contributed by atoms with Crippen LogP contribution in [0.25, 0.3) is 0 Å².